The minimum atomic E-state index is 0.0630. The Morgan fingerprint density at radius 2 is 2.00 bits per heavy atom. The molecule has 0 bridgehead atoms. The Labute approximate surface area is 108 Å². The van der Waals surface area contributed by atoms with Crippen LogP contribution in [0.25, 0.3) is 0 Å². The highest BCUT2D eigenvalue weighted by atomic mass is 16.1. The number of ketones is 1. The largest absolute Gasteiger partial charge is 0.293 e. The molecule has 2 aliphatic carbocycles. The summed E-state index contributed by atoms with van der Waals surface area (Å²) >= 11 is 0. The molecule has 1 nitrogen and oxygen atoms in total. The summed E-state index contributed by atoms with van der Waals surface area (Å²) in [6.45, 7) is 2.22. The van der Waals surface area contributed by atoms with Gasteiger partial charge in [0.25, 0.3) is 0 Å². The van der Waals surface area contributed by atoms with Gasteiger partial charge in [-0.2, -0.15) is 0 Å². The van der Waals surface area contributed by atoms with Gasteiger partial charge < -0.3 is 0 Å². The summed E-state index contributed by atoms with van der Waals surface area (Å²) in [7, 11) is 0. The standard InChI is InChI=1S/C17H18O/c1-2-12-9-6-10-14-15(12)11-16(17(14)18)13-7-4-3-5-8-13/h3-8,10,12,16H,2,9,11H2,1H3. The molecule has 2 aliphatic rings. The van der Waals surface area contributed by atoms with Crippen LogP contribution in [-0.4, -0.2) is 5.78 Å². The molecule has 0 spiro atoms. The molecule has 0 N–H and O–H groups in total. The lowest BCUT2D eigenvalue weighted by atomic mass is 9.86. The molecule has 1 heteroatoms. The number of rotatable bonds is 2. The fraction of sp³-hybridized carbons (Fsp3) is 0.353. The Morgan fingerprint density at radius 1 is 1.22 bits per heavy atom. The summed E-state index contributed by atoms with van der Waals surface area (Å²) in [5, 5.41) is 0. The van der Waals surface area contributed by atoms with Gasteiger partial charge in [-0.3, -0.25) is 4.79 Å². The topological polar surface area (TPSA) is 17.1 Å². The normalized spacial score (nSPS) is 26.6. The van der Waals surface area contributed by atoms with Crippen molar-refractivity contribution in [3.8, 4) is 0 Å². The summed E-state index contributed by atoms with van der Waals surface area (Å²) in [6.07, 6.45) is 7.38. The van der Waals surface area contributed by atoms with Crippen LogP contribution in [0.3, 0.4) is 0 Å². The summed E-state index contributed by atoms with van der Waals surface area (Å²) in [5.41, 5.74) is 3.57. The van der Waals surface area contributed by atoms with E-state index in [1.165, 1.54) is 11.1 Å². The van der Waals surface area contributed by atoms with Gasteiger partial charge in [-0.25, -0.2) is 0 Å². The number of allylic oxidation sites excluding steroid dienone is 4. The predicted octanol–water partition coefficient (Wildman–Crippen LogP) is 4.03. The maximum Gasteiger partial charge on any atom is 0.170 e. The fourth-order valence-corrected chi connectivity index (χ4v) is 3.20. The van der Waals surface area contributed by atoms with E-state index >= 15 is 0 Å². The van der Waals surface area contributed by atoms with E-state index < -0.39 is 0 Å². The lowest BCUT2D eigenvalue weighted by Crippen LogP contribution is -2.07. The van der Waals surface area contributed by atoms with Crippen molar-refractivity contribution in [2.45, 2.75) is 32.1 Å². The van der Waals surface area contributed by atoms with Crippen LogP contribution >= 0.6 is 0 Å². The van der Waals surface area contributed by atoms with E-state index in [0.29, 0.717) is 11.7 Å². The molecule has 92 valence electrons. The van der Waals surface area contributed by atoms with Crippen LogP contribution in [0.4, 0.5) is 0 Å². The van der Waals surface area contributed by atoms with Crippen LogP contribution in [0.1, 0.15) is 37.7 Å². The van der Waals surface area contributed by atoms with Crippen LogP contribution < -0.4 is 0 Å². The first-order valence-corrected chi connectivity index (χ1v) is 6.80. The second-order valence-electron chi connectivity index (χ2n) is 5.21. The van der Waals surface area contributed by atoms with E-state index in [2.05, 4.69) is 25.1 Å². The van der Waals surface area contributed by atoms with Gasteiger partial charge in [0.05, 0.1) is 5.92 Å². The molecule has 0 radical (unpaired) electrons. The Hall–Kier alpha value is -1.63. The quantitative estimate of drug-likeness (QED) is 0.760. The Balaban J connectivity index is 1.93. The van der Waals surface area contributed by atoms with Gasteiger partial charge in [0.2, 0.25) is 0 Å². The van der Waals surface area contributed by atoms with Crippen molar-refractivity contribution in [1.29, 1.82) is 0 Å². The van der Waals surface area contributed by atoms with Crippen molar-refractivity contribution in [1.82, 2.24) is 0 Å². The average Bonchev–Trinajstić information content (AvgIpc) is 2.77. The van der Waals surface area contributed by atoms with Gasteiger partial charge >= 0.3 is 0 Å². The highest BCUT2D eigenvalue weighted by Gasteiger charge is 2.36. The van der Waals surface area contributed by atoms with Gasteiger partial charge in [0.15, 0.2) is 5.78 Å². The number of benzene rings is 1. The minimum Gasteiger partial charge on any atom is -0.293 e. The minimum absolute atomic E-state index is 0.0630. The third kappa shape index (κ3) is 1.74. The monoisotopic (exact) mass is 238 g/mol. The molecular formula is C17H18O. The average molecular weight is 238 g/mol. The van der Waals surface area contributed by atoms with Gasteiger partial charge in [0, 0.05) is 5.57 Å². The highest BCUT2D eigenvalue weighted by molar-refractivity contribution is 6.06. The van der Waals surface area contributed by atoms with Gasteiger partial charge in [0.1, 0.15) is 0 Å². The third-order valence-corrected chi connectivity index (χ3v) is 4.24. The highest BCUT2D eigenvalue weighted by Crippen LogP contribution is 2.43. The van der Waals surface area contributed by atoms with Crippen molar-refractivity contribution in [3.05, 3.63) is 59.2 Å². The van der Waals surface area contributed by atoms with E-state index in [1.807, 2.05) is 24.3 Å². The summed E-state index contributed by atoms with van der Waals surface area (Å²) in [5.74, 6) is 0.973. The van der Waals surface area contributed by atoms with Crippen molar-refractivity contribution in [2.75, 3.05) is 0 Å². The summed E-state index contributed by atoms with van der Waals surface area (Å²) in [6, 6.07) is 10.2. The number of carbonyl (C=O) groups excluding carboxylic acids is 1. The zero-order valence-electron chi connectivity index (χ0n) is 10.7. The van der Waals surface area contributed by atoms with Crippen LogP contribution in [0.5, 0.6) is 0 Å². The first-order valence-electron chi connectivity index (χ1n) is 6.80. The molecule has 0 fully saturated rings. The molecule has 1 aromatic carbocycles. The molecule has 2 unspecified atom stereocenters. The van der Waals surface area contributed by atoms with E-state index in [-0.39, 0.29) is 5.92 Å². The number of carbonyl (C=O) groups is 1. The van der Waals surface area contributed by atoms with E-state index in [1.54, 1.807) is 0 Å². The van der Waals surface area contributed by atoms with Crippen molar-refractivity contribution < 1.29 is 4.79 Å². The van der Waals surface area contributed by atoms with E-state index in [9.17, 15) is 4.79 Å². The Kier molecular flexibility index (Phi) is 2.91. The molecule has 2 atom stereocenters. The van der Waals surface area contributed by atoms with Crippen molar-refractivity contribution >= 4 is 5.78 Å². The first kappa shape index (κ1) is 11.5. The molecule has 0 heterocycles. The smallest absolute Gasteiger partial charge is 0.170 e. The van der Waals surface area contributed by atoms with Crippen LogP contribution in [-0.2, 0) is 4.79 Å². The maximum atomic E-state index is 12.5. The molecule has 1 aromatic rings. The predicted molar refractivity (Wildman–Crippen MR) is 73.4 cm³/mol. The zero-order valence-corrected chi connectivity index (χ0v) is 10.7. The van der Waals surface area contributed by atoms with Crippen molar-refractivity contribution in [3.63, 3.8) is 0 Å². The first-order chi connectivity index (χ1) is 8.81. The van der Waals surface area contributed by atoms with E-state index in [0.717, 1.165) is 24.8 Å². The van der Waals surface area contributed by atoms with E-state index in [4.69, 9.17) is 0 Å². The number of hydrogen-bond acceptors (Lipinski definition) is 1. The number of Topliss-reactive ketones (excluding diaryl/α,β-unsaturated/α-hetero) is 1. The molecule has 0 saturated heterocycles. The Bertz CT molecular complexity index is 522. The summed E-state index contributed by atoms with van der Waals surface area (Å²) < 4.78 is 0. The van der Waals surface area contributed by atoms with Gasteiger partial charge in [-0.1, -0.05) is 55.0 Å². The van der Waals surface area contributed by atoms with Gasteiger partial charge in [-0.15, -0.1) is 0 Å². The van der Waals surface area contributed by atoms with Crippen molar-refractivity contribution in [2.24, 2.45) is 5.92 Å². The molecule has 0 aromatic heterocycles. The second kappa shape index (κ2) is 4.56. The van der Waals surface area contributed by atoms with Crippen LogP contribution in [0, 0.1) is 5.92 Å². The lowest BCUT2D eigenvalue weighted by molar-refractivity contribution is -0.115. The fourth-order valence-electron chi connectivity index (χ4n) is 3.20. The molecule has 0 aliphatic heterocycles. The lowest BCUT2D eigenvalue weighted by Gasteiger charge is -2.18. The summed E-state index contributed by atoms with van der Waals surface area (Å²) in [4.78, 5) is 12.5. The molecule has 3 rings (SSSR count). The maximum absolute atomic E-state index is 12.5. The van der Waals surface area contributed by atoms with Crippen LogP contribution in [0.15, 0.2) is 53.6 Å². The SMILES string of the molecule is CCC1CC=CC2=C1CC(c1ccccc1)C2=O. The second-order valence-corrected chi connectivity index (χ2v) is 5.21. The van der Waals surface area contributed by atoms with Crippen LogP contribution in [0.2, 0.25) is 0 Å². The zero-order chi connectivity index (χ0) is 12.5. The molecule has 0 amide bonds. The van der Waals surface area contributed by atoms with Gasteiger partial charge in [-0.05, 0) is 30.7 Å². The molecule has 0 saturated carbocycles. The Morgan fingerprint density at radius 3 is 2.72 bits per heavy atom. The number of hydrogen-bond donors (Lipinski definition) is 0. The molecule has 18 heavy (non-hydrogen) atoms. The third-order valence-electron chi connectivity index (χ3n) is 4.24. The molecular weight excluding hydrogens is 220 g/mol.